The largest absolute Gasteiger partial charge is 0.317 e. The van der Waals surface area contributed by atoms with Crippen molar-refractivity contribution in [3.63, 3.8) is 0 Å². The van der Waals surface area contributed by atoms with E-state index >= 15 is 0 Å². The molecule has 1 aliphatic carbocycles. The second-order valence-corrected chi connectivity index (χ2v) is 8.05. The first-order valence-electron chi connectivity index (χ1n) is 9.32. The van der Waals surface area contributed by atoms with Gasteiger partial charge in [0.15, 0.2) is 0 Å². The Balaban J connectivity index is 0.000000980. The van der Waals surface area contributed by atoms with Gasteiger partial charge in [-0.1, -0.05) is 6.07 Å². The summed E-state index contributed by atoms with van der Waals surface area (Å²) in [6.45, 7) is 7.12. The SMILES string of the molecule is Cc1cnn(-c2ccc3c(c2)CCC3N2CC3(CCNCC3)C2)c1.Cl.Cl. The van der Waals surface area contributed by atoms with Gasteiger partial charge < -0.3 is 5.32 Å². The van der Waals surface area contributed by atoms with Crippen molar-refractivity contribution in [1.82, 2.24) is 20.0 Å². The van der Waals surface area contributed by atoms with Crippen LogP contribution in [0.2, 0.25) is 0 Å². The Kier molecular flexibility index (Phi) is 5.69. The lowest BCUT2D eigenvalue weighted by Crippen LogP contribution is -2.60. The molecule has 3 aliphatic rings. The standard InChI is InChI=1S/C20H26N4.2ClH/c1-15-11-22-24(12-15)17-3-4-18-16(10-17)2-5-19(18)23-13-20(14-23)6-8-21-9-7-20;;/h3-4,10-12,19,21H,2,5-9,13-14H2,1H3;2*1H. The van der Waals surface area contributed by atoms with Gasteiger partial charge in [-0.05, 0) is 79.9 Å². The number of hydrogen-bond acceptors (Lipinski definition) is 3. The number of rotatable bonds is 2. The molecule has 5 rings (SSSR count). The number of halogens is 2. The van der Waals surface area contributed by atoms with E-state index in [1.54, 1.807) is 5.56 Å². The first-order chi connectivity index (χ1) is 11.7. The van der Waals surface area contributed by atoms with E-state index in [1.165, 1.54) is 68.7 Å². The van der Waals surface area contributed by atoms with Gasteiger partial charge in [0, 0.05) is 25.3 Å². The molecule has 1 unspecified atom stereocenters. The fourth-order valence-electron chi connectivity index (χ4n) is 4.97. The van der Waals surface area contributed by atoms with E-state index in [0.717, 1.165) is 0 Å². The molecule has 1 N–H and O–H groups in total. The quantitative estimate of drug-likeness (QED) is 0.842. The summed E-state index contributed by atoms with van der Waals surface area (Å²) >= 11 is 0. The van der Waals surface area contributed by atoms with Crippen LogP contribution in [-0.4, -0.2) is 40.9 Å². The molecule has 1 aromatic heterocycles. The fraction of sp³-hybridized carbons (Fsp3) is 0.550. The zero-order valence-corrected chi connectivity index (χ0v) is 16.9. The molecule has 0 radical (unpaired) electrons. The van der Waals surface area contributed by atoms with Gasteiger partial charge in [-0.3, -0.25) is 4.90 Å². The molecule has 0 saturated carbocycles. The molecular weight excluding hydrogens is 367 g/mol. The smallest absolute Gasteiger partial charge is 0.0648 e. The van der Waals surface area contributed by atoms with Gasteiger partial charge in [-0.2, -0.15) is 5.10 Å². The summed E-state index contributed by atoms with van der Waals surface area (Å²) < 4.78 is 2.00. The van der Waals surface area contributed by atoms with Crippen molar-refractivity contribution in [3.8, 4) is 5.69 Å². The molecule has 2 aromatic rings. The summed E-state index contributed by atoms with van der Waals surface area (Å²) in [5.74, 6) is 0. The van der Waals surface area contributed by atoms with Crippen molar-refractivity contribution >= 4 is 24.8 Å². The van der Waals surface area contributed by atoms with Crippen LogP contribution >= 0.6 is 24.8 Å². The molecule has 6 heteroatoms. The number of nitrogens with zero attached hydrogens (tertiary/aromatic N) is 3. The highest BCUT2D eigenvalue weighted by molar-refractivity contribution is 5.85. The maximum absolute atomic E-state index is 4.45. The Bertz CT molecular complexity index is 759. The van der Waals surface area contributed by atoms with Gasteiger partial charge in [-0.25, -0.2) is 4.68 Å². The average Bonchev–Trinajstić information content (AvgIpc) is 3.19. The van der Waals surface area contributed by atoms with Crippen LogP contribution in [0.15, 0.2) is 30.6 Å². The van der Waals surface area contributed by atoms with Crippen LogP contribution in [0.4, 0.5) is 0 Å². The first kappa shape index (κ1) is 19.7. The van der Waals surface area contributed by atoms with Gasteiger partial charge in [0.2, 0.25) is 0 Å². The molecular formula is C20H28Cl2N4. The highest BCUT2D eigenvalue weighted by atomic mass is 35.5. The highest BCUT2D eigenvalue weighted by Crippen LogP contribution is 2.47. The van der Waals surface area contributed by atoms with Gasteiger partial charge >= 0.3 is 0 Å². The van der Waals surface area contributed by atoms with E-state index in [-0.39, 0.29) is 24.8 Å². The molecule has 142 valence electrons. The number of benzene rings is 1. The lowest BCUT2D eigenvalue weighted by atomic mass is 9.71. The molecule has 1 spiro atoms. The Hall–Kier alpha value is -1.07. The molecule has 2 saturated heterocycles. The predicted octanol–water partition coefficient (Wildman–Crippen LogP) is 3.70. The van der Waals surface area contributed by atoms with E-state index in [9.17, 15) is 0 Å². The van der Waals surface area contributed by atoms with Gasteiger partial charge in [-0.15, -0.1) is 24.8 Å². The minimum atomic E-state index is 0. The van der Waals surface area contributed by atoms with Crippen molar-refractivity contribution < 1.29 is 0 Å². The molecule has 2 fully saturated rings. The van der Waals surface area contributed by atoms with Crippen molar-refractivity contribution in [1.29, 1.82) is 0 Å². The molecule has 1 atom stereocenters. The third kappa shape index (κ3) is 3.29. The predicted molar refractivity (Wildman–Crippen MR) is 110 cm³/mol. The summed E-state index contributed by atoms with van der Waals surface area (Å²) in [5.41, 5.74) is 6.12. The van der Waals surface area contributed by atoms with Crippen LogP contribution in [-0.2, 0) is 6.42 Å². The summed E-state index contributed by atoms with van der Waals surface area (Å²) in [5, 5.41) is 7.96. The second kappa shape index (κ2) is 7.51. The van der Waals surface area contributed by atoms with Crippen LogP contribution in [0, 0.1) is 12.3 Å². The minimum absolute atomic E-state index is 0. The summed E-state index contributed by atoms with van der Waals surface area (Å²) in [7, 11) is 0. The molecule has 0 bridgehead atoms. The zero-order chi connectivity index (χ0) is 16.1. The normalized spacial score (nSPS) is 23.7. The summed E-state index contributed by atoms with van der Waals surface area (Å²) in [4.78, 5) is 2.73. The van der Waals surface area contributed by atoms with Gasteiger partial charge in [0.05, 0.1) is 11.9 Å². The molecule has 0 amide bonds. The number of aryl methyl sites for hydroxylation is 2. The van der Waals surface area contributed by atoms with Gasteiger partial charge in [0.25, 0.3) is 0 Å². The lowest BCUT2D eigenvalue weighted by molar-refractivity contribution is -0.0512. The van der Waals surface area contributed by atoms with Crippen molar-refractivity contribution in [2.75, 3.05) is 26.2 Å². The second-order valence-electron chi connectivity index (χ2n) is 8.05. The molecule has 3 heterocycles. The maximum Gasteiger partial charge on any atom is 0.0648 e. The molecule has 1 aromatic carbocycles. The lowest BCUT2D eigenvalue weighted by Gasteiger charge is -2.55. The molecule has 2 aliphatic heterocycles. The van der Waals surface area contributed by atoms with E-state index in [0.29, 0.717) is 11.5 Å². The minimum Gasteiger partial charge on any atom is -0.317 e. The third-order valence-electron chi connectivity index (χ3n) is 6.33. The van der Waals surface area contributed by atoms with Gasteiger partial charge in [0.1, 0.15) is 0 Å². The Morgan fingerprint density at radius 1 is 1.15 bits per heavy atom. The Morgan fingerprint density at radius 2 is 1.92 bits per heavy atom. The number of nitrogens with one attached hydrogen (secondary N) is 1. The Morgan fingerprint density at radius 3 is 2.62 bits per heavy atom. The first-order valence-corrected chi connectivity index (χ1v) is 9.32. The van der Waals surface area contributed by atoms with Crippen molar-refractivity contribution in [2.24, 2.45) is 5.41 Å². The van der Waals surface area contributed by atoms with Crippen LogP contribution in [0.3, 0.4) is 0 Å². The van der Waals surface area contributed by atoms with Crippen molar-refractivity contribution in [2.45, 2.75) is 38.6 Å². The monoisotopic (exact) mass is 394 g/mol. The number of fused-ring (bicyclic) bond motifs is 1. The van der Waals surface area contributed by atoms with Crippen LogP contribution in [0.5, 0.6) is 0 Å². The molecule has 4 nitrogen and oxygen atoms in total. The van der Waals surface area contributed by atoms with E-state index in [1.807, 2.05) is 10.9 Å². The van der Waals surface area contributed by atoms with E-state index in [4.69, 9.17) is 0 Å². The third-order valence-corrected chi connectivity index (χ3v) is 6.33. The molecule has 26 heavy (non-hydrogen) atoms. The number of hydrogen-bond donors (Lipinski definition) is 1. The number of piperidine rings is 1. The van der Waals surface area contributed by atoms with Crippen LogP contribution in [0.1, 0.15) is 42.0 Å². The van der Waals surface area contributed by atoms with E-state index in [2.05, 4.69) is 46.6 Å². The fourth-order valence-corrected chi connectivity index (χ4v) is 4.97. The number of likely N-dealkylation sites (tertiary alicyclic amines) is 1. The Labute approximate surface area is 168 Å². The maximum atomic E-state index is 4.45. The highest BCUT2D eigenvalue weighted by Gasteiger charge is 2.46. The van der Waals surface area contributed by atoms with E-state index < -0.39 is 0 Å². The summed E-state index contributed by atoms with van der Waals surface area (Å²) in [6.07, 6.45) is 9.24. The summed E-state index contributed by atoms with van der Waals surface area (Å²) in [6, 6.07) is 7.59. The average molecular weight is 395 g/mol. The zero-order valence-electron chi connectivity index (χ0n) is 15.3. The number of aromatic nitrogens is 2. The van der Waals surface area contributed by atoms with Crippen LogP contribution in [0.25, 0.3) is 5.69 Å². The van der Waals surface area contributed by atoms with Crippen LogP contribution < -0.4 is 5.32 Å². The topological polar surface area (TPSA) is 33.1 Å². The van der Waals surface area contributed by atoms with Crippen molar-refractivity contribution in [3.05, 3.63) is 47.3 Å².